The number of alkyl halides is 3. The Morgan fingerprint density at radius 3 is 2.43 bits per heavy atom. The molecular weight excluding hydrogens is 299 g/mol. The molecule has 2 rings (SSSR count). The van der Waals surface area contributed by atoms with Crippen LogP contribution in [0.15, 0.2) is 23.1 Å². The van der Waals surface area contributed by atoms with Gasteiger partial charge in [0.25, 0.3) is 0 Å². The minimum Gasteiger partial charge on any atom is -0.384 e. The topological polar surface area (TPSA) is 53.1 Å². The molecule has 0 radical (unpaired) electrons. The number of amidine groups is 1. The Hall–Kier alpha value is -1.37. The number of hydrogen-bond acceptors (Lipinski definition) is 3. The van der Waals surface area contributed by atoms with Gasteiger partial charge in [0.1, 0.15) is 5.84 Å². The first-order valence-corrected chi connectivity index (χ1v) is 7.90. The molecule has 116 valence electrons. The molecule has 0 atom stereocenters. The predicted octanol–water partition coefficient (Wildman–Crippen LogP) is 3.47. The van der Waals surface area contributed by atoms with Crippen molar-refractivity contribution in [2.24, 2.45) is 11.7 Å². The molecule has 21 heavy (non-hydrogen) atoms. The lowest BCUT2D eigenvalue weighted by Gasteiger charge is -2.35. The molecule has 1 heterocycles. The molecule has 1 aliphatic heterocycles. The summed E-state index contributed by atoms with van der Waals surface area (Å²) in [5.74, 6) is -1.27. The summed E-state index contributed by atoms with van der Waals surface area (Å²) in [6, 6.07) is 5.54. The van der Waals surface area contributed by atoms with Gasteiger partial charge in [0.05, 0.1) is 11.5 Å². The van der Waals surface area contributed by atoms with Gasteiger partial charge in [0, 0.05) is 23.7 Å². The molecule has 7 heteroatoms. The van der Waals surface area contributed by atoms with Crippen LogP contribution in [0.2, 0.25) is 0 Å². The van der Waals surface area contributed by atoms with Gasteiger partial charge in [-0.2, -0.15) is 13.2 Å². The Labute approximate surface area is 126 Å². The first-order valence-electron chi connectivity index (χ1n) is 6.67. The molecule has 1 aromatic carbocycles. The van der Waals surface area contributed by atoms with E-state index in [1.165, 1.54) is 11.8 Å². The predicted molar refractivity (Wildman–Crippen MR) is 80.2 cm³/mol. The molecule has 0 unspecified atom stereocenters. The van der Waals surface area contributed by atoms with Crippen LogP contribution in [-0.4, -0.2) is 31.4 Å². The maximum absolute atomic E-state index is 12.7. The van der Waals surface area contributed by atoms with Crippen molar-refractivity contribution in [3.05, 3.63) is 23.8 Å². The summed E-state index contributed by atoms with van der Waals surface area (Å²) in [6.07, 6.45) is -2.05. The Morgan fingerprint density at radius 1 is 1.33 bits per heavy atom. The van der Waals surface area contributed by atoms with E-state index in [1.54, 1.807) is 0 Å². The third kappa shape index (κ3) is 3.45. The number of piperidine rings is 1. The number of rotatable bonds is 3. The van der Waals surface area contributed by atoms with Crippen molar-refractivity contribution in [2.45, 2.75) is 23.9 Å². The van der Waals surface area contributed by atoms with Gasteiger partial charge in [-0.25, -0.2) is 0 Å². The molecule has 3 N–H and O–H groups in total. The summed E-state index contributed by atoms with van der Waals surface area (Å²) in [6.45, 7) is 0.671. The van der Waals surface area contributed by atoms with Gasteiger partial charge in [-0.05, 0) is 31.2 Å². The zero-order valence-corrected chi connectivity index (χ0v) is 12.5. The van der Waals surface area contributed by atoms with Crippen molar-refractivity contribution in [2.75, 3.05) is 24.2 Å². The normalized spacial score (nSPS) is 17.0. The number of benzene rings is 1. The van der Waals surface area contributed by atoms with Gasteiger partial charge in [-0.1, -0.05) is 6.07 Å². The SMILES string of the molecule is CSc1cccc(N2CCC(C(F)(F)F)CC2)c1C(=N)N. The standard InChI is InChI=1S/C14H18F3N3S/c1-21-11-4-2-3-10(12(11)13(18)19)20-7-5-9(6-8-20)14(15,16)17/h2-4,9H,5-8H2,1H3,(H3,18,19). The van der Waals surface area contributed by atoms with Gasteiger partial charge in [-0.15, -0.1) is 11.8 Å². The lowest BCUT2D eigenvalue weighted by atomic mass is 9.95. The van der Waals surface area contributed by atoms with Gasteiger partial charge in [0.15, 0.2) is 0 Å². The van der Waals surface area contributed by atoms with Gasteiger partial charge >= 0.3 is 6.18 Å². The zero-order chi connectivity index (χ0) is 15.6. The maximum Gasteiger partial charge on any atom is 0.391 e. The first kappa shape index (κ1) is 16.0. The first-order chi connectivity index (χ1) is 9.84. The fraction of sp³-hybridized carbons (Fsp3) is 0.500. The third-order valence-electron chi connectivity index (χ3n) is 3.79. The highest BCUT2D eigenvalue weighted by Crippen LogP contribution is 2.37. The van der Waals surface area contributed by atoms with E-state index in [1.807, 2.05) is 29.4 Å². The van der Waals surface area contributed by atoms with E-state index in [9.17, 15) is 13.2 Å². The molecule has 0 aromatic heterocycles. The van der Waals surface area contributed by atoms with Gasteiger partial charge in [0.2, 0.25) is 0 Å². The summed E-state index contributed by atoms with van der Waals surface area (Å²) in [5.41, 5.74) is 7.04. The van der Waals surface area contributed by atoms with Crippen molar-refractivity contribution >= 4 is 23.3 Å². The Bertz CT molecular complexity index is 523. The summed E-state index contributed by atoms with van der Waals surface area (Å²) in [7, 11) is 0. The number of nitrogens with two attached hydrogens (primary N) is 1. The van der Waals surface area contributed by atoms with Crippen LogP contribution >= 0.6 is 11.8 Å². The Kier molecular flexibility index (Phi) is 4.70. The van der Waals surface area contributed by atoms with Gasteiger partial charge in [-0.3, -0.25) is 5.41 Å². The van der Waals surface area contributed by atoms with Crippen LogP contribution in [0.1, 0.15) is 18.4 Å². The molecule has 0 saturated carbocycles. The highest BCUT2D eigenvalue weighted by molar-refractivity contribution is 7.98. The number of nitrogens with one attached hydrogen (secondary N) is 1. The van der Waals surface area contributed by atoms with Crippen LogP contribution in [-0.2, 0) is 0 Å². The number of hydrogen-bond donors (Lipinski definition) is 2. The zero-order valence-electron chi connectivity index (χ0n) is 11.7. The van der Waals surface area contributed by atoms with Crippen molar-refractivity contribution in [1.82, 2.24) is 0 Å². The fourth-order valence-electron chi connectivity index (χ4n) is 2.67. The Morgan fingerprint density at radius 2 is 1.95 bits per heavy atom. The van der Waals surface area contributed by atoms with E-state index in [0.29, 0.717) is 18.7 Å². The minimum atomic E-state index is -4.11. The lowest BCUT2D eigenvalue weighted by molar-refractivity contribution is -0.179. The highest BCUT2D eigenvalue weighted by Gasteiger charge is 2.41. The number of anilines is 1. The van der Waals surface area contributed by atoms with E-state index in [-0.39, 0.29) is 18.7 Å². The number of nitrogen functional groups attached to an aromatic ring is 1. The second-order valence-electron chi connectivity index (χ2n) is 5.07. The molecule has 3 nitrogen and oxygen atoms in total. The van der Waals surface area contributed by atoms with E-state index in [4.69, 9.17) is 11.1 Å². The maximum atomic E-state index is 12.7. The molecule has 0 amide bonds. The van der Waals surface area contributed by atoms with Crippen LogP contribution in [0, 0.1) is 11.3 Å². The second kappa shape index (κ2) is 6.17. The molecule has 0 aliphatic carbocycles. The van der Waals surface area contributed by atoms with Crippen molar-refractivity contribution in [1.29, 1.82) is 5.41 Å². The van der Waals surface area contributed by atoms with Crippen LogP contribution < -0.4 is 10.6 Å². The van der Waals surface area contributed by atoms with Crippen molar-refractivity contribution in [3.63, 3.8) is 0 Å². The van der Waals surface area contributed by atoms with Crippen LogP contribution in [0.25, 0.3) is 0 Å². The average molecular weight is 317 g/mol. The molecule has 1 aromatic rings. The molecule has 1 fully saturated rings. The second-order valence-corrected chi connectivity index (χ2v) is 5.92. The molecule has 1 aliphatic rings. The minimum absolute atomic E-state index is 0.0482. The third-order valence-corrected chi connectivity index (χ3v) is 4.57. The quantitative estimate of drug-likeness (QED) is 0.510. The van der Waals surface area contributed by atoms with Crippen molar-refractivity contribution < 1.29 is 13.2 Å². The summed E-state index contributed by atoms with van der Waals surface area (Å²) < 4.78 is 38.2. The van der Waals surface area contributed by atoms with E-state index in [0.717, 1.165) is 10.6 Å². The van der Waals surface area contributed by atoms with Crippen molar-refractivity contribution in [3.8, 4) is 0 Å². The fourth-order valence-corrected chi connectivity index (χ4v) is 3.30. The number of halogens is 3. The number of thioether (sulfide) groups is 1. The van der Waals surface area contributed by atoms with Crippen LogP contribution in [0.4, 0.5) is 18.9 Å². The van der Waals surface area contributed by atoms with E-state index < -0.39 is 12.1 Å². The average Bonchev–Trinajstić information content (AvgIpc) is 2.45. The summed E-state index contributed by atoms with van der Waals surface area (Å²) >= 11 is 1.48. The highest BCUT2D eigenvalue weighted by atomic mass is 32.2. The molecule has 0 spiro atoms. The smallest absolute Gasteiger partial charge is 0.384 e. The van der Waals surface area contributed by atoms with Gasteiger partial charge < -0.3 is 10.6 Å². The van der Waals surface area contributed by atoms with E-state index >= 15 is 0 Å². The molecular formula is C14H18F3N3S. The number of nitrogens with zero attached hydrogens (tertiary/aromatic N) is 1. The lowest BCUT2D eigenvalue weighted by Crippen LogP contribution is -2.39. The Balaban J connectivity index is 2.23. The summed E-state index contributed by atoms with van der Waals surface area (Å²) in [4.78, 5) is 2.77. The molecule has 1 saturated heterocycles. The summed E-state index contributed by atoms with van der Waals surface area (Å²) in [5, 5.41) is 7.74. The largest absolute Gasteiger partial charge is 0.391 e. The van der Waals surface area contributed by atoms with Crippen LogP contribution in [0.5, 0.6) is 0 Å². The monoisotopic (exact) mass is 317 g/mol. The van der Waals surface area contributed by atoms with Crippen LogP contribution in [0.3, 0.4) is 0 Å². The van der Waals surface area contributed by atoms with E-state index in [2.05, 4.69) is 0 Å². The molecule has 0 bridgehead atoms.